The van der Waals surface area contributed by atoms with Gasteiger partial charge in [0, 0.05) is 5.57 Å². The van der Waals surface area contributed by atoms with Crippen LogP contribution >= 0.6 is 0 Å². The summed E-state index contributed by atoms with van der Waals surface area (Å²) < 4.78 is 0. The normalized spacial score (nSPS) is 13.5. The summed E-state index contributed by atoms with van der Waals surface area (Å²) in [6.45, 7) is 7.55. The van der Waals surface area contributed by atoms with Crippen molar-refractivity contribution in [2.24, 2.45) is 5.92 Å². The highest BCUT2D eigenvalue weighted by atomic mass is 16.4. The van der Waals surface area contributed by atoms with Crippen molar-refractivity contribution in [3.05, 3.63) is 24.3 Å². The summed E-state index contributed by atoms with van der Waals surface area (Å²) in [7, 11) is 0. The van der Waals surface area contributed by atoms with E-state index in [0.29, 0.717) is 11.5 Å². The predicted molar refractivity (Wildman–Crippen MR) is 68.5 cm³/mol. The number of allylic oxidation sites excluding steroid dienone is 2. The fourth-order valence-corrected chi connectivity index (χ4v) is 1.72. The Hall–Kier alpha value is -1.05. The Morgan fingerprint density at radius 2 is 2.06 bits per heavy atom. The average molecular weight is 224 g/mol. The molecule has 0 radical (unpaired) electrons. The maximum atomic E-state index is 10.8. The molecule has 0 rings (SSSR count). The molecule has 0 aromatic heterocycles. The Morgan fingerprint density at radius 3 is 2.56 bits per heavy atom. The van der Waals surface area contributed by atoms with Crippen molar-refractivity contribution in [1.82, 2.24) is 0 Å². The summed E-state index contributed by atoms with van der Waals surface area (Å²) in [5, 5.41) is 8.84. The third kappa shape index (κ3) is 7.27. The molecule has 0 aromatic carbocycles. The number of aliphatic carboxylic acids is 1. The van der Waals surface area contributed by atoms with Gasteiger partial charge in [-0.2, -0.15) is 0 Å². The lowest BCUT2D eigenvalue weighted by molar-refractivity contribution is -0.132. The lowest BCUT2D eigenvalue weighted by Gasteiger charge is -2.12. The fraction of sp³-hybridized carbons (Fsp3) is 0.643. The van der Waals surface area contributed by atoms with Crippen molar-refractivity contribution >= 4 is 5.97 Å². The molecule has 1 N–H and O–H groups in total. The second-order valence-electron chi connectivity index (χ2n) is 4.28. The van der Waals surface area contributed by atoms with Crippen LogP contribution in [0.3, 0.4) is 0 Å². The van der Waals surface area contributed by atoms with Crippen molar-refractivity contribution in [3.8, 4) is 0 Å². The first-order valence-electron chi connectivity index (χ1n) is 6.14. The molecule has 0 fully saturated rings. The minimum atomic E-state index is -0.806. The van der Waals surface area contributed by atoms with Crippen LogP contribution in [-0.4, -0.2) is 11.1 Å². The predicted octanol–water partition coefficient (Wildman–Crippen LogP) is 4.18. The van der Waals surface area contributed by atoms with E-state index >= 15 is 0 Å². The SMILES string of the molecule is C=CCCC(C=C(C)C(=O)O)CCCCC. The molecule has 1 unspecified atom stereocenters. The van der Waals surface area contributed by atoms with Gasteiger partial charge in [0.2, 0.25) is 0 Å². The van der Waals surface area contributed by atoms with E-state index < -0.39 is 5.97 Å². The van der Waals surface area contributed by atoms with Crippen LogP contribution in [0, 0.1) is 5.92 Å². The molecule has 92 valence electrons. The van der Waals surface area contributed by atoms with E-state index in [1.165, 1.54) is 19.3 Å². The molecule has 0 aliphatic rings. The average Bonchev–Trinajstić information content (AvgIpc) is 2.25. The van der Waals surface area contributed by atoms with Gasteiger partial charge in [0.05, 0.1) is 0 Å². The molecule has 0 bridgehead atoms. The van der Waals surface area contributed by atoms with Crippen LogP contribution < -0.4 is 0 Å². The first-order valence-corrected chi connectivity index (χ1v) is 6.14. The van der Waals surface area contributed by atoms with Gasteiger partial charge in [-0.05, 0) is 32.1 Å². The van der Waals surface area contributed by atoms with Gasteiger partial charge in [0.15, 0.2) is 0 Å². The van der Waals surface area contributed by atoms with Gasteiger partial charge in [-0.3, -0.25) is 0 Å². The Labute approximate surface area is 99.1 Å². The standard InChI is InChI=1S/C14H24O2/c1-4-6-8-10-13(9-7-5-2)11-12(3)14(15)16/h5,11,13H,2,4,6-10H2,1,3H3,(H,15,16). The first kappa shape index (κ1) is 14.9. The van der Waals surface area contributed by atoms with Crippen molar-refractivity contribution in [2.45, 2.75) is 52.4 Å². The smallest absolute Gasteiger partial charge is 0.330 e. The van der Waals surface area contributed by atoms with Gasteiger partial charge < -0.3 is 5.11 Å². The van der Waals surface area contributed by atoms with E-state index in [2.05, 4.69) is 13.5 Å². The Kier molecular flexibility index (Phi) is 8.59. The molecule has 0 spiro atoms. The molecule has 2 nitrogen and oxygen atoms in total. The quantitative estimate of drug-likeness (QED) is 0.362. The van der Waals surface area contributed by atoms with Crippen molar-refractivity contribution < 1.29 is 9.90 Å². The molecule has 1 atom stereocenters. The topological polar surface area (TPSA) is 37.3 Å². The third-order valence-electron chi connectivity index (χ3n) is 2.74. The van der Waals surface area contributed by atoms with Crippen LogP contribution in [0.25, 0.3) is 0 Å². The monoisotopic (exact) mass is 224 g/mol. The van der Waals surface area contributed by atoms with E-state index in [-0.39, 0.29) is 0 Å². The lowest BCUT2D eigenvalue weighted by Crippen LogP contribution is -2.02. The zero-order valence-electron chi connectivity index (χ0n) is 10.5. The van der Waals surface area contributed by atoms with Gasteiger partial charge >= 0.3 is 5.97 Å². The van der Waals surface area contributed by atoms with E-state index in [9.17, 15) is 4.79 Å². The summed E-state index contributed by atoms with van der Waals surface area (Å²) in [5.74, 6) is -0.417. The highest BCUT2D eigenvalue weighted by Crippen LogP contribution is 2.19. The second kappa shape index (κ2) is 9.20. The van der Waals surface area contributed by atoms with Crippen LogP contribution in [-0.2, 0) is 4.79 Å². The van der Waals surface area contributed by atoms with Crippen LogP contribution in [0.15, 0.2) is 24.3 Å². The molecule has 0 saturated carbocycles. The third-order valence-corrected chi connectivity index (χ3v) is 2.74. The molecule has 0 aromatic rings. The molecule has 0 aliphatic carbocycles. The summed E-state index contributed by atoms with van der Waals surface area (Å²) in [6, 6.07) is 0. The van der Waals surface area contributed by atoms with Gasteiger partial charge in [-0.25, -0.2) is 4.79 Å². The van der Waals surface area contributed by atoms with E-state index in [1.807, 2.05) is 12.2 Å². The van der Waals surface area contributed by atoms with Gasteiger partial charge in [0.1, 0.15) is 0 Å². The Balaban J connectivity index is 4.23. The molecule has 0 heterocycles. The van der Waals surface area contributed by atoms with Crippen molar-refractivity contribution in [2.75, 3.05) is 0 Å². The van der Waals surface area contributed by atoms with E-state index in [4.69, 9.17) is 5.11 Å². The molecular weight excluding hydrogens is 200 g/mol. The maximum absolute atomic E-state index is 10.8. The highest BCUT2D eigenvalue weighted by Gasteiger charge is 2.08. The molecular formula is C14H24O2. The van der Waals surface area contributed by atoms with Crippen molar-refractivity contribution in [1.29, 1.82) is 0 Å². The number of hydrogen-bond donors (Lipinski definition) is 1. The minimum Gasteiger partial charge on any atom is -0.478 e. The van der Waals surface area contributed by atoms with Crippen LogP contribution in [0.2, 0.25) is 0 Å². The number of carboxylic acid groups (broad SMARTS) is 1. The molecule has 16 heavy (non-hydrogen) atoms. The Morgan fingerprint density at radius 1 is 1.38 bits per heavy atom. The van der Waals surface area contributed by atoms with Crippen LogP contribution in [0.5, 0.6) is 0 Å². The largest absolute Gasteiger partial charge is 0.478 e. The van der Waals surface area contributed by atoms with E-state index in [0.717, 1.165) is 19.3 Å². The van der Waals surface area contributed by atoms with E-state index in [1.54, 1.807) is 6.92 Å². The molecule has 0 aliphatic heterocycles. The molecule has 0 amide bonds. The number of carbonyl (C=O) groups is 1. The number of unbranched alkanes of at least 4 members (excludes halogenated alkanes) is 2. The zero-order chi connectivity index (χ0) is 12.4. The highest BCUT2D eigenvalue weighted by molar-refractivity contribution is 5.85. The second-order valence-corrected chi connectivity index (χ2v) is 4.28. The Bertz CT molecular complexity index is 241. The fourth-order valence-electron chi connectivity index (χ4n) is 1.72. The molecule has 0 saturated heterocycles. The lowest BCUT2D eigenvalue weighted by atomic mass is 9.94. The van der Waals surface area contributed by atoms with Crippen LogP contribution in [0.1, 0.15) is 52.4 Å². The maximum Gasteiger partial charge on any atom is 0.330 e. The van der Waals surface area contributed by atoms with Crippen LogP contribution in [0.4, 0.5) is 0 Å². The minimum absolute atomic E-state index is 0.389. The van der Waals surface area contributed by atoms with Crippen molar-refractivity contribution in [3.63, 3.8) is 0 Å². The number of rotatable bonds is 9. The summed E-state index contributed by atoms with van der Waals surface area (Å²) in [5.41, 5.74) is 0.463. The number of hydrogen-bond acceptors (Lipinski definition) is 1. The van der Waals surface area contributed by atoms with Gasteiger partial charge in [0.25, 0.3) is 0 Å². The summed E-state index contributed by atoms with van der Waals surface area (Å²) in [6.07, 6.45) is 10.5. The van der Waals surface area contributed by atoms with Gasteiger partial charge in [-0.1, -0.05) is 38.3 Å². The first-order chi connectivity index (χ1) is 7.61. The zero-order valence-corrected chi connectivity index (χ0v) is 10.5. The number of carboxylic acids is 1. The molecule has 2 heteroatoms. The van der Waals surface area contributed by atoms with Gasteiger partial charge in [-0.15, -0.1) is 6.58 Å². The summed E-state index contributed by atoms with van der Waals surface area (Å²) >= 11 is 0. The summed E-state index contributed by atoms with van der Waals surface area (Å²) in [4.78, 5) is 10.8.